The van der Waals surface area contributed by atoms with E-state index in [9.17, 15) is 18.9 Å². The molecule has 0 aromatic heterocycles. The summed E-state index contributed by atoms with van der Waals surface area (Å²) in [6, 6.07) is 8.31. The van der Waals surface area contributed by atoms with Crippen LogP contribution in [0.2, 0.25) is 0 Å². The van der Waals surface area contributed by atoms with Gasteiger partial charge in [-0.05, 0) is 23.8 Å². The second-order valence-corrected chi connectivity index (χ2v) is 4.11. The van der Waals surface area contributed by atoms with Gasteiger partial charge in [0.2, 0.25) is 0 Å². The molecule has 0 amide bonds. The highest BCUT2D eigenvalue weighted by atomic mass is 19.1. The number of nitrogens with zero attached hydrogens (tertiary/aromatic N) is 2. The highest BCUT2D eigenvalue weighted by Crippen LogP contribution is 2.24. The molecule has 21 heavy (non-hydrogen) atoms. The van der Waals surface area contributed by atoms with Crippen molar-refractivity contribution < 1.29 is 18.4 Å². The number of hydrogen-bond donors (Lipinski definition) is 0. The van der Waals surface area contributed by atoms with Crippen LogP contribution in [0.5, 0.6) is 5.75 Å². The first kappa shape index (κ1) is 14.4. The van der Waals surface area contributed by atoms with Crippen molar-refractivity contribution in [1.29, 1.82) is 5.26 Å². The molecule has 5 nitrogen and oxygen atoms in total. The van der Waals surface area contributed by atoms with Gasteiger partial charge in [0.15, 0.2) is 0 Å². The zero-order chi connectivity index (χ0) is 15.4. The van der Waals surface area contributed by atoms with E-state index in [1.165, 1.54) is 12.1 Å². The minimum atomic E-state index is -0.727. The van der Waals surface area contributed by atoms with Gasteiger partial charge in [-0.3, -0.25) is 10.1 Å². The number of halogens is 2. The fourth-order valence-electron chi connectivity index (χ4n) is 1.71. The molecule has 0 aliphatic heterocycles. The van der Waals surface area contributed by atoms with Crippen molar-refractivity contribution in [3.8, 4) is 11.8 Å². The topological polar surface area (TPSA) is 76.2 Å². The van der Waals surface area contributed by atoms with Crippen molar-refractivity contribution >= 4 is 5.69 Å². The molecule has 0 saturated carbocycles. The summed E-state index contributed by atoms with van der Waals surface area (Å²) in [6.45, 7) is -0.128. The van der Waals surface area contributed by atoms with E-state index < -0.39 is 16.6 Å². The molecule has 0 atom stereocenters. The summed E-state index contributed by atoms with van der Waals surface area (Å²) in [5.41, 5.74) is -0.214. The van der Waals surface area contributed by atoms with Crippen molar-refractivity contribution in [2.75, 3.05) is 0 Å². The molecule has 106 valence electrons. The predicted molar refractivity (Wildman–Crippen MR) is 68.5 cm³/mol. The smallest absolute Gasteiger partial charge is 0.287 e. The molecule has 7 heteroatoms. The third-order valence-corrected chi connectivity index (χ3v) is 2.61. The number of ether oxygens (including phenoxy) is 1. The Balaban J connectivity index is 2.17. The van der Waals surface area contributed by atoms with Crippen LogP contribution in [0.25, 0.3) is 0 Å². The van der Waals surface area contributed by atoms with Crippen LogP contribution in [-0.2, 0) is 6.61 Å². The van der Waals surface area contributed by atoms with Crippen LogP contribution in [-0.4, -0.2) is 4.92 Å². The number of nitriles is 1. The minimum absolute atomic E-state index is 0.128. The van der Waals surface area contributed by atoms with Gasteiger partial charge in [-0.1, -0.05) is 0 Å². The average Bonchev–Trinajstić information content (AvgIpc) is 2.43. The Bertz CT molecular complexity index is 721. The Kier molecular flexibility index (Phi) is 4.09. The summed E-state index contributed by atoms with van der Waals surface area (Å²) < 4.78 is 31.3. The number of benzene rings is 2. The fourth-order valence-corrected chi connectivity index (χ4v) is 1.71. The van der Waals surface area contributed by atoms with Gasteiger partial charge in [-0.15, -0.1) is 0 Å². The van der Waals surface area contributed by atoms with E-state index in [1.807, 2.05) is 0 Å². The minimum Gasteiger partial charge on any atom is -0.489 e. The maximum absolute atomic E-state index is 13.0. The van der Waals surface area contributed by atoms with Crippen LogP contribution in [0, 0.1) is 33.1 Å². The van der Waals surface area contributed by atoms with Crippen molar-refractivity contribution in [3.63, 3.8) is 0 Å². The molecular weight excluding hydrogens is 282 g/mol. The third-order valence-electron chi connectivity index (χ3n) is 2.61. The fraction of sp³-hybridized carbons (Fsp3) is 0.0714. The molecule has 0 fully saturated rings. The van der Waals surface area contributed by atoms with E-state index in [1.54, 1.807) is 6.07 Å². The molecule has 0 spiro atoms. The molecule has 0 unspecified atom stereocenters. The van der Waals surface area contributed by atoms with Crippen LogP contribution < -0.4 is 4.74 Å². The molecule has 0 saturated heterocycles. The lowest BCUT2D eigenvalue weighted by Gasteiger charge is -2.07. The van der Waals surface area contributed by atoms with E-state index in [0.29, 0.717) is 0 Å². The highest BCUT2D eigenvalue weighted by Gasteiger charge is 2.14. The van der Waals surface area contributed by atoms with Gasteiger partial charge < -0.3 is 4.74 Å². The van der Waals surface area contributed by atoms with E-state index >= 15 is 0 Å². The number of nitro groups is 1. The normalized spacial score (nSPS) is 9.95. The maximum atomic E-state index is 13.0. The van der Waals surface area contributed by atoms with Gasteiger partial charge in [0.1, 0.15) is 35.6 Å². The van der Waals surface area contributed by atoms with Crippen LogP contribution in [0.15, 0.2) is 36.4 Å². The van der Waals surface area contributed by atoms with Gasteiger partial charge in [0.05, 0.1) is 4.92 Å². The molecule has 0 aliphatic carbocycles. The van der Waals surface area contributed by atoms with Gasteiger partial charge in [0, 0.05) is 18.2 Å². The molecule has 2 rings (SSSR count). The highest BCUT2D eigenvalue weighted by molar-refractivity contribution is 5.52. The summed E-state index contributed by atoms with van der Waals surface area (Å²) in [5.74, 6) is -1.26. The standard InChI is InChI=1S/C14H8F2N2O3/c15-11-3-9(4-12(16)6-11)8-21-13-1-2-14(18(19)20)10(5-13)7-17/h1-6H,8H2. The third kappa shape index (κ3) is 3.51. The van der Waals surface area contributed by atoms with Crippen molar-refractivity contribution in [2.24, 2.45) is 0 Å². The van der Waals surface area contributed by atoms with Gasteiger partial charge in [0.25, 0.3) is 5.69 Å². The first-order valence-corrected chi connectivity index (χ1v) is 5.76. The summed E-state index contributed by atoms with van der Waals surface area (Å²) in [6.07, 6.45) is 0. The van der Waals surface area contributed by atoms with Gasteiger partial charge in [-0.25, -0.2) is 8.78 Å². The van der Waals surface area contributed by atoms with E-state index in [4.69, 9.17) is 10.00 Å². The van der Waals surface area contributed by atoms with E-state index in [2.05, 4.69) is 0 Å². The maximum Gasteiger partial charge on any atom is 0.287 e. The molecule has 0 aliphatic rings. The van der Waals surface area contributed by atoms with Crippen molar-refractivity contribution in [2.45, 2.75) is 6.61 Å². The van der Waals surface area contributed by atoms with E-state index in [-0.39, 0.29) is 29.2 Å². The zero-order valence-corrected chi connectivity index (χ0v) is 10.5. The molecular formula is C14H8F2N2O3. The lowest BCUT2D eigenvalue weighted by molar-refractivity contribution is -0.385. The average molecular weight is 290 g/mol. The second-order valence-electron chi connectivity index (χ2n) is 4.11. The zero-order valence-electron chi connectivity index (χ0n) is 10.5. The van der Waals surface area contributed by atoms with Crippen molar-refractivity contribution in [3.05, 3.63) is 69.3 Å². The lowest BCUT2D eigenvalue weighted by Crippen LogP contribution is -1.98. The Morgan fingerprint density at radius 2 is 1.86 bits per heavy atom. The monoisotopic (exact) mass is 290 g/mol. The summed E-state index contributed by atoms with van der Waals surface area (Å²) in [4.78, 5) is 10.0. The van der Waals surface area contributed by atoms with Crippen molar-refractivity contribution in [1.82, 2.24) is 0 Å². The van der Waals surface area contributed by atoms with Crippen LogP contribution >= 0.6 is 0 Å². The number of hydrogen-bond acceptors (Lipinski definition) is 4. The number of nitro benzene ring substituents is 1. The van der Waals surface area contributed by atoms with Crippen LogP contribution in [0.1, 0.15) is 11.1 Å². The Labute approximate surface area is 118 Å². The van der Waals surface area contributed by atoms with Crippen LogP contribution in [0.4, 0.5) is 14.5 Å². The molecule has 0 N–H and O–H groups in total. The summed E-state index contributed by atoms with van der Waals surface area (Å²) in [5, 5.41) is 19.5. The Hall–Kier alpha value is -3.01. The molecule has 0 heterocycles. The largest absolute Gasteiger partial charge is 0.489 e. The van der Waals surface area contributed by atoms with Gasteiger partial charge >= 0.3 is 0 Å². The molecule has 0 bridgehead atoms. The summed E-state index contributed by atoms with van der Waals surface area (Å²) >= 11 is 0. The predicted octanol–water partition coefficient (Wildman–Crippen LogP) is 3.32. The first-order chi connectivity index (χ1) is 9.99. The Morgan fingerprint density at radius 3 is 2.43 bits per heavy atom. The Morgan fingerprint density at radius 1 is 1.19 bits per heavy atom. The molecule has 0 radical (unpaired) electrons. The second kappa shape index (κ2) is 5.96. The quantitative estimate of drug-likeness (QED) is 0.639. The van der Waals surface area contributed by atoms with E-state index in [0.717, 1.165) is 24.3 Å². The summed E-state index contributed by atoms with van der Waals surface area (Å²) in [7, 11) is 0. The molecule has 2 aromatic carbocycles. The lowest BCUT2D eigenvalue weighted by atomic mass is 10.2. The van der Waals surface area contributed by atoms with Crippen LogP contribution in [0.3, 0.4) is 0 Å². The SMILES string of the molecule is N#Cc1cc(OCc2cc(F)cc(F)c2)ccc1[N+](=O)[O-]. The number of rotatable bonds is 4. The molecule has 2 aromatic rings. The van der Waals surface area contributed by atoms with Gasteiger partial charge in [-0.2, -0.15) is 5.26 Å². The first-order valence-electron chi connectivity index (χ1n) is 5.76.